The van der Waals surface area contributed by atoms with E-state index in [4.69, 9.17) is 10.5 Å². The van der Waals surface area contributed by atoms with Crippen molar-refractivity contribution in [3.8, 4) is 5.88 Å². The molecule has 0 radical (unpaired) electrons. The van der Waals surface area contributed by atoms with Crippen molar-refractivity contribution < 1.29 is 4.74 Å². The second-order valence-electron chi connectivity index (χ2n) is 7.11. The third-order valence-corrected chi connectivity index (χ3v) is 5.88. The van der Waals surface area contributed by atoms with E-state index in [-0.39, 0.29) is 0 Å². The number of nitrogens with two attached hydrogens (primary N) is 1. The van der Waals surface area contributed by atoms with Crippen LogP contribution in [0.5, 0.6) is 5.88 Å². The smallest absolute Gasteiger partial charge is 0.213 e. The van der Waals surface area contributed by atoms with Crippen molar-refractivity contribution in [1.82, 2.24) is 4.98 Å². The van der Waals surface area contributed by atoms with Crippen molar-refractivity contribution in [2.24, 2.45) is 35.3 Å². The molecule has 0 amide bonds. The van der Waals surface area contributed by atoms with Crippen LogP contribution in [0.25, 0.3) is 0 Å². The summed E-state index contributed by atoms with van der Waals surface area (Å²) >= 11 is 0. The van der Waals surface area contributed by atoms with Gasteiger partial charge in [-0.3, -0.25) is 0 Å². The normalized spacial score (nSPS) is 38.1. The maximum absolute atomic E-state index is 5.98. The zero-order valence-electron chi connectivity index (χ0n) is 12.0. The van der Waals surface area contributed by atoms with E-state index >= 15 is 0 Å². The lowest BCUT2D eigenvalue weighted by molar-refractivity contribution is -0.0534. The fraction of sp³-hybridized carbons (Fsp3) is 0.706. The van der Waals surface area contributed by atoms with Gasteiger partial charge in [0, 0.05) is 18.8 Å². The van der Waals surface area contributed by atoms with Crippen LogP contribution in [0.2, 0.25) is 0 Å². The van der Waals surface area contributed by atoms with E-state index in [0.717, 1.165) is 47.6 Å². The van der Waals surface area contributed by atoms with Crippen LogP contribution >= 0.6 is 0 Å². The van der Waals surface area contributed by atoms with Gasteiger partial charge in [-0.05, 0) is 67.3 Å². The predicted octanol–water partition coefficient (Wildman–Crippen LogP) is 2.99. The topological polar surface area (TPSA) is 48.1 Å². The molecule has 4 saturated carbocycles. The van der Waals surface area contributed by atoms with E-state index in [1.807, 2.05) is 18.3 Å². The van der Waals surface area contributed by atoms with Crippen LogP contribution < -0.4 is 10.5 Å². The quantitative estimate of drug-likeness (QED) is 0.916. The van der Waals surface area contributed by atoms with Crippen molar-refractivity contribution in [3.05, 3.63) is 23.9 Å². The van der Waals surface area contributed by atoms with Crippen LogP contribution in [-0.4, -0.2) is 11.6 Å². The Kier molecular flexibility index (Phi) is 3.18. The minimum atomic E-state index is 0.544. The first-order valence-corrected chi connectivity index (χ1v) is 8.09. The van der Waals surface area contributed by atoms with Crippen LogP contribution in [0.3, 0.4) is 0 Å². The van der Waals surface area contributed by atoms with Gasteiger partial charge in [0.2, 0.25) is 5.88 Å². The molecule has 5 rings (SSSR count). The molecule has 3 nitrogen and oxygen atoms in total. The SMILES string of the molecule is NCc1ccc(OCC2C3CC4CC(C3)CC2C4)nc1. The summed E-state index contributed by atoms with van der Waals surface area (Å²) in [5, 5.41) is 0. The van der Waals surface area contributed by atoms with Gasteiger partial charge in [-0.15, -0.1) is 0 Å². The van der Waals surface area contributed by atoms with Crippen molar-refractivity contribution in [2.45, 2.75) is 38.6 Å². The summed E-state index contributed by atoms with van der Waals surface area (Å²) in [7, 11) is 0. The molecule has 0 unspecified atom stereocenters. The van der Waals surface area contributed by atoms with E-state index in [9.17, 15) is 0 Å². The van der Waals surface area contributed by atoms with Crippen molar-refractivity contribution in [3.63, 3.8) is 0 Å². The first-order chi connectivity index (χ1) is 9.81. The average Bonchev–Trinajstić information content (AvgIpc) is 2.46. The second kappa shape index (κ2) is 5.03. The Hall–Kier alpha value is -1.09. The number of aromatic nitrogens is 1. The van der Waals surface area contributed by atoms with Crippen molar-refractivity contribution in [1.29, 1.82) is 0 Å². The van der Waals surface area contributed by atoms with E-state index in [1.54, 1.807) is 0 Å². The van der Waals surface area contributed by atoms with Crippen LogP contribution in [-0.2, 0) is 6.54 Å². The second-order valence-corrected chi connectivity index (χ2v) is 7.11. The summed E-state index contributed by atoms with van der Waals surface area (Å²) in [5.74, 6) is 5.46. The Labute approximate surface area is 120 Å². The average molecular weight is 272 g/mol. The Morgan fingerprint density at radius 2 is 1.75 bits per heavy atom. The lowest BCUT2D eigenvalue weighted by atomic mass is 9.52. The van der Waals surface area contributed by atoms with E-state index in [1.165, 1.54) is 32.1 Å². The zero-order chi connectivity index (χ0) is 13.5. The molecule has 4 fully saturated rings. The fourth-order valence-corrected chi connectivity index (χ4v) is 5.11. The summed E-state index contributed by atoms with van der Waals surface area (Å²) in [4.78, 5) is 4.35. The molecule has 0 spiro atoms. The van der Waals surface area contributed by atoms with E-state index in [2.05, 4.69) is 4.98 Å². The lowest BCUT2D eigenvalue weighted by Crippen LogP contribution is -2.47. The van der Waals surface area contributed by atoms with Gasteiger partial charge in [-0.25, -0.2) is 4.98 Å². The molecule has 4 aliphatic rings. The molecule has 1 heterocycles. The number of rotatable bonds is 4. The number of pyridine rings is 1. The summed E-state index contributed by atoms with van der Waals surface area (Å²) in [6, 6.07) is 3.97. The summed E-state index contributed by atoms with van der Waals surface area (Å²) in [6.07, 6.45) is 9.18. The van der Waals surface area contributed by atoms with Crippen LogP contribution in [0.15, 0.2) is 18.3 Å². The highest BCUT2D eigenvalue weighted by Crippen LogP contribution is 2.56. The zero-order valence-corrected chi connectivity index (χ0v) is 12.0. The molecule has 0 atom stereocenters. The van der Waals surface area contributed by atoms with Gasteiger partial charge in [0.25, 0.3) is 0 Å². The first-order valence-electron chi connectivity index (χ1n) is 8.09. The Balaban J connectivity index is 1.39. The number of nitrogens with zero attached hydrogens (tertiary/aromatic N) is 1. The summed E-state index contributed by atoms with van der Waals surface area (Å²) < 4.78 is 5.98. The van der Waals surface area contributed by atoms with Crippen molar-refractivity contribution >= 4 is 0 Å². The minimum absolute atomic E-state index is 0.544. The molecule has 108 valence electrons. The maximum Gasteiger partial charge on any atom is 0.213 e. The highest BCUT2D eigenvalue weighted by atomic mass is 16.5. The van der Waals surface area contributed by atoms with Crippen LogP contribution in [0.4, 0.5) is 0 Å². The summed E-state index contributed by atoms with van der Waals surface area (Å²) in [6.45, 7) is 1.41. The molecular formula is C17H24N2O. The molecule has 0 saturated heterocycles. The highest BCUT2D eigenvalue weighted by Gasteiger charge is 2.48. The predicted molar refractivity (Wildman–Crippen MR) is 78.2 cm³/mol. The van der Waals surface area contributed by atoms with Crippen LogP contribution in [0.1, 0.15) is 37.7 Å². The molecule has 20 heavy (non-hydrogen) atoms. The van der Waals surface area contributed by atoms with E-state index < -0.39 is 0 Å². The van der Waals surface area contributed by atoms with E-state index in [0.29, 0.717) is 6.54 Å². The fourth-order valence-electron chi connectivity index (χ4n) is 5.11. The van der Waals surface area contributed by atoms with Gasteiger partial charge < -0.3 is 10.5 Å². The molecule has 0 aromatic carbocycles. The largest absolute Gasteiger partial charge is 0.477 e. The first kappa shape index (κ1) is 12.6. The van der Waals surface area contributed by atoms with Gasteiger partial charge in [0.05, 0.1) is 6.61 Å². The molecule has 1 aromatic heterocycles. The lowest BCUT2D eigenvalue weighted by Gasteiger charge is -2.54. The van der Waals surface area contributed by atoms with Gasteiger partial charge in [0.1, 0.15) is 0 Å². The maximum atomic E-state index is 5.98. The molecule has 4 aliphatic carbocycles. The van der Waals surface area contributed by atoms with Gasteiger partial charge >= 0.3 is 0 Å². The molecule has 1 aromatic rings. The minimum Gasteiger partial charge on any atom is -0.477 e. The Bertz CT molecular complexity index is 442. The molecule has 3 heteroatoms. The highest BCUT2D eigenvalue weighted by molar-refractivity contribution is 5.17. The van der Waals surface area contributed by atoms with Crippen molar-refractivity contribution in [2.75, 3.05) is 6.61 Å². The Morgan fingerprint density at radius 1 is 1.05 bits per heavy atom. The van der Waals surface area contributed by atoms with Crippen LogP contribution in [0, 0.1) is 29.6 Å². The standard InChI is InChI=1S/C17H24N2O/c18-8-11-1-2-17(19-9-11)20-10-16-14-4-12-3-13(6-14)7-15(16)5-12/h1-2,9,12-16H,3-8,10,18H2. The Morgan fingerprint density at radius 3 is 2.30 bits per heavy atom. The summed E-state index contributed by atoms with van der Waals surface area (Å²) in [5.41, 5.74) is 6.65. The van der Waals surface area contributed by atoms with Gasteiger partial charge in [-0.1, -0.05) is 6.07 Å². The molecule has 2 N–H and O–H groups in total. The number of ether oxygens (including phenoxy) is 1. The molecule has 0 aliphatic heterocycles. The third kappa shape index (κ3) is 2.22. The number of hydrogen-bond acceptors (Lipinski definition) is 3. The molecule has 4 bridgehead atoms. The van der Waals surface area contributed by atoms with Gasteiger partial charge in [0.15, 0.2) is 0 Å². The molecular weight excluding hydrogens is 248 g/mol. The monoisotopic (exact) mass is 272 g/mol. The number of hydrogen-bond donors (Lipinski definition) is 1. The van der Waals surface area contributed by atoms with Gasteiger partial charge in [-0.2, -0.15) is 0 Å². The third-order valence-electron chi connectivity index (χ3n) is 5.88.